The Bertz CT molecular complexity index is 1060. The van der Waals surface area contributed by atoms with Gasteiger partial charge in [0.15, 0.2) is 0 Å². The minimum absolute atomic E-state index is 0.188. The molecule has 1 saturated heterocycles. The van der Waals surface area contributed by atoms with Crippen molar-refractivity contribution in [2.75, 3.05) is 46.3 Å². The van der Waals surface area contributed by atoms with Crippen LogP contribution in [-0.2, 0) is 23.1 Å². The van der Waals surface area contributed by atoms with E-state index in [2.05, 4.69) is 34.3 Å². The van der Waals surface area contributed by atoms with Crippen LogP contribution in [0.1, 0.15) is 40.9 Å². The van der Waals surface area contributed by atoms with E-state index in [0.717, 1.165) is 38.3 Å². The molecule has 1 heterocycles. The van der Waals surface area contributed by atoms with E-state index >= 15 is 0 Å². The number of sulfonamides is 1. The third-order valence-corrected chi connectivity index (χ3v) is 8.41. The highest BCUT2D eigenvalue weighted by molar-refractivity contribution is 7.89. The summed E-state index contributed by atoms with van der Waals surface area (Å²) in [5.74, 6) is -0.282. The van der Waals surface area contributed by atoms with Gasteiger partial charge in [0.05, 0.1) is 4.90 Å². The minimum Gasteiger partial charge on any atom is -0.348 e. The topological polar surface area (TPSA) is 73.0 Å². The monoisotopic (exact) mass is 472 g/mol. The number of benzene rings is 2. The molecule has 0 radical (unpaired) electrons. The number of piperazine rings is 1. The molecule has 8 heteroatoms. The summed E-state index contributed by atoms with van der Waals surface area (Å²) in [6.07, 6.45) is 0. The second kappa shape index (κ2) is 11.2. The Balaban J connectivity index is 1.66. The maximum absolute atomic E-state index is 13.0. The Morgan fingerprint density at radius 1 is 1.00 bits per heavy atom. The van der Waals surface area contributed by atoms with E-state index in [0.29, 0.717) is 30.8 Å². The van der Waals surface area contributed by atoms with Crippen molar-refractivity contribution in [3.63, 3.8) is 0 Å². The van der Waals surface area contributed by atoms with Crippen LogP contribution in [0.25, 0.3) is 0 Å². The van der Waals surface area contributed by atoms with Gasteiger partial charge >= 0.3 is 0 Å². The quantitative estimate of drug-likeness (QED) is 0.608. The van der Waals surface area contributed by atoms with E-state index in [9.17, 15) is 13.2 Å². The number of carbonyl (C=O) groups is 1. The van der Waals surface area contributed by atoms with Crippen LogP contribution in [0.5, 0.6) is 0 Å². The first-order valence-electron chi connectivity index (χ1n) is 11.6. The van der Waals surface area contributed by atoms with E-state index < -0.39 is 10.0 Å². The Morgan fingerprint density at radius 3 is 2.33 bits per heavy atom. The van der Waals surface area contributed by atoms with Gasteiger partial charge in [0.2, 0.25) is 10.0 Å². The largest absolute Gasteiger partial charge is 0.348 e. The van der Waals surface area contributed by atoms with Crippen LogP contribution in [0, 0.1) is 6.92 Å². The van der Waals surface area contributed by atoms with Gasteiger partial charge in [0.25, 0.3) is 5.91 Å². The summed E-state index contributed by atoms with van der Waals surface area (Å²) >= 11 is 0. The standard InChI is InChI=1S/C25H36N4O3S/c1-5-29(6-2)33(31,32)24-17-23(11-10-20(24)3)25(30)26-18-21-8-7-9-22(16-21)19-28-14-12-27(4)13-15-28/h7-11,16-17H,5-6,12-15,18-19H2,1-4H3,(H,26,30). The van der Waals surface area contributed by atoms with Crippen LogP contribution < -0.4 is 5.32 Å². The molecule has 2 aromatic carbocycles. The summed E-state index contributed by atoms with van der Waals surface area (Å²) in [5.41, 5.74) is 3.24. The molecule has 0 spiro atoms. The highest BCUT2D eigenvalue weighted by atomic mass is 32.2. The molecule has 33 heavy (non-hydrogen) atoms. The lowest BCUT2D eigenvalue weighted by Gasteiger charge is -2.32. The number of aryl methyl sites for hydroxylation is 1. The Kier molecular flexibility index (Phi) is 8.64. The van der Waals surface area contributed by atoms with Crippen LogP contribution in [0.3, 0.4) is 0 Å². The molecule has 0 saturated carbocycles. The highest BCUT2D eigenvalue weighted by Crippen LogP contribution is 2.21. The first-order valence-corrected chi connectivity index (χ1v) is 13.1. The van der Waals surface area contributed by atoms with Crippen molar-refractivity contribution in [3.05, 3.63) is 64.7 Å². The van der Waals surface area contributed by atoms with Crippen molar-refractivity contribution >= 4 is 15.9 Å². The van der Waals surface area contributed by atoms with Crippen molar-refractivity contribution in [2.45, 2.75) is 38.8 Å². The van der Waals surface area contributed by atoms with Crippen molar-refractivity contribution in [3.8, 4) is 0 Å². The van der Waals surface area contributed by atoms with Gasteiger partial charge in [-0.3, -0.25) is 9.69 Å². The smallest absolute Gasteiger partial charge is 0.251 e. The molecule has 0 atom stereocenters. The number of carbonyl (C=O) groups excluding carboxylic acids is 1. The molecule has 0 unspecified atom stereocenters. The van der Waals surface area contributed by atoms with Crippen LogP contribution in [0.2, 0.25) is 0 Å². The molecule has 2 aromatic rings. The highest BCUT2D eigenvalue weighted by Gasteiger charge is 2.24. The van der Waals surface area contributed by atoms with Gasteiger partial charge in [-0.15, -0.1) is 0 Å². The maximum atomic E-state index is 13.0. The number of rotatable bonds is 9. The Hall–Kier alpha value is -2.26. The molecule has 3 rings (SSSR count). The maximum Gasteiger partial charge on any atom is 0.251 e. The molecule has 1 fully saturated rings. The molecule has 1 amide bonds. The summed E-state index contributed by atoms with van der Waals surface area (Å²) in [4.78, 5) is 17.8. The molecule has 1 N–H and O–H groups in total. The van der Waals surface area contributed by atoms with Crippen molar-refractivity contribution in [1.29, 1.82) is 0 Å². The molecular weight excluding hydrogens is 436 g/mol. The molecule has 0 aromatic heterocycles. The summed E-state index contributed by atoms with van der Waals surface area (Å²) in [6, 6.07) is 13.1. The second-order valence-electron chi connectivity index (χ2n) is 8.65. The number of nitrogens with zero attached hydrogens (tertiary/aromatic N) is 3. The van der Waals surface area contributed by atoms with Gasteiger partial charge in [0, 0.05) is 57.9 Å². The van der Waals surface area contributed by atoms with E-state index in [1.54, 1.807) is 19.1 Å². The SMILES string of the molecule is CCN(CC)S(=O)(=O)c1cc(C(=O)NCc2cccc(CN3CCN(C)CC3)c2)ccc1C. The van der Waals surface area contributed by atoms with Gasteiger partial charge in [0.1, 0.15) is 0 Å². The normalized spacial score (nSPS) is 15.7. The van der Waals surface area contributed by atoms with Gasteiger partial charge in [-0.05, 0) is 42.8 Å². The van der Waals surface area contributed by atoms with Crippen LogP contribution in [0.15, 0.2) is 47.4 Å². The summed E-state index contributed by atoms with van der Waals surface area (Å²) in [7, 11) is -1.48. The van der Waals surface area contributed by atoms with E-state index in [-0.39, 0.29) is 10.8 Å². The van der Waals surface area contributed by atoms with Gasteiger partial charge in [-0.2, -0.15) is 4.31 Å². The number of hydrogen-bond donors (Lipinski definition) is 1. The second-order valence-corrected chi connectivity index (χ2v) is 10.6. The zero-order chi connectivity index (χ0) is 24.0. The number of likely N-dealkylation sites (N-methyl/N-ethyl adjacent to an activating group) is 1. The predicted octanol–water partition coefficient (Wildman–Crippen LogP) is 2.70. The van der Waals surface area contributed by atoms with Crippen molar-refractivity contribution < 1.29 is 13.2 Å². The summed E-state index contributed by atoms with van der Waals surface area (Å²) in [5, 5.41) is 2.94. The third-order valence-electron chi connectivity index (χ3n) is 6.22. The minimum atomic E-state index is -3.63. The van der Waals surface area contributed by atoms with Crippen LogP contribution in [0.4, 0.5) is 0 Å². The average molecular weight is 473 g/mol. The van der Waals surface area contributed by atoms with Crippen LogP contribution >= 0.6 is 0 Å². The fourth-order valence-corrected chi connectivity index (χ4v) is 5.82. The lowest BCUT2D eigenvalue weighted by atomic mass is 10.1. The fourth-order valence-electron chi connectivity index (χ4n) is 4.11. The molecule has 180 valence electrons. The summed E-state index contributed by atoms with van der Waals surface area (Å²) < 4.78 is 27.4. The number of hydrogen-bond acceptors (Lipinski definition) is 5. The molecule has 7 nitrogen and oxygen atoms in total. The first-order chi connectivity index (χ1) is 15.7. The average Bonchev–Trinajstić information content (AvgIpc) is 2.80. The zero-order valence-corrected chi connectivity index (χ0v) is 21.0. The lowest BCUT2D eigenvalue weighted by Crippen LogP contribution is -2.43. The molecular formula is C25H36N4O3S. The summed E-state index contributed by atoms with van der Waals surface area (Å²) in [6.45, 7) is 11.7. The van der Waals surface area contributed by atoms with Crippen LogP contribution in [-0.4, -0.2) is 74.7 Å². The van der Waals surface area contributed by atoms with Crippen molar-refractivity contribution in [1.82, 2.24) is 19.4 Å². The molecule has 0 aliphatic carbocycles. The molecule has 1 aliphatic rings. The predicted molar refractivity (Wildman–Crippen MR) is 132 cm³/mol. The van der Waals surface area contributed by atoms with E-state index in [4.69, 9.17) is 0 Å². The first kappa shape index (κ1) is 25.4. The third kappa shape index (κ3) is 6.41. The van der Waals surface area contributed by atoms with Gasteiger partial charge in [-0.25, -0.2) is 8.42 Å². The molecule has 0 bridgehead atoms. The van der Waals surface area contributed by atoms with Gasteiger partial charge < -0.3 is 10.2 Å². The number of nitrogens with one attached hydrogen (secondary N) is 1. The zero-order valence-electron chi connectivity index (χ0n) is 20.2. The lowest BCUT2D eigenvalue weighted by molar-refractivity contribution is 0.0950. The fraction of sp³-hybridized carbons (Fsp3) is 0.480. The van der Waals surface area contributed by atoms with Crippen molar-refractivity contribution in [2.24, 2.45) is 0 Å². The molecule has 1 aliphatic heterocycles. The van der Waals surface area contributed by atoms with E-state index in [1.807, 2.05) is 26.0 Å². The van der Waals surface area contributed by atoms with E-state index in [1.165, 1.54) is 15.9 Å². The number of amides is 1. The van der Waals surface area contributed by atoms with Gasteiger partial charge in [-0.1, -0.05) is 44.2 Å². The Morgan fingerprint density at radius 2 is 1.67 bits per heavy atom. The Labute approximate surface area is 198 Å².